The van der Waals surface area contributed by atoms with Crippen LogP contribution < -0.4 is 0 Å². The van der Waals surface area contributed by atoms with Crippen LogP contribution in [0, 0.1) is 17.7 Å². The van der Waals surface area contributed by atoms with Crippen LogP contribution in [0.4, 0.5) is 4.39 Å². The highest BCUT2D eigenvalue weighted by molar-refractivity contribution is 6.31. The number of aliphatic hydroxyl groups is 1. The molecule has 1 N–H and O–H groups in total. The summed E-state index contributed by atoms with van der Waals surface area (Å²) in [5, 5.41) is 10.7. The molecule has 0 spiro atoms. The van der Waals surface area contributed by atoms with Gasteiger partial charge >= 0.3 is 0 Å². The van der Waals surface area contributed by atoms with Gasteiger partial charge in [-0.3, -0.25) is 0 Å². The highest BCUT2D eigenvalue weighted by atomic mass is 35.5. The van der Waals surface area contributed by atoms with Crippen LogP contribution in [-0.4, -0.2) is 11.2 Å². The molecule has 1 aromatic carbocycles. The van der Waals surface area contributed by atoms with Crippen LogP contribution in [0.15, 0.2) is 18.2 Å². The summed E-state index contributed by atoms with van der Waals surface area (Å²) in [6.07, 6.45) is 4.79. The molecule has 0 heterocycles. The molecule has 18 heavy (non-hydrogen) atoms. The Morgan fingerprint density at radius 3 is 2.89 bits per heavy atom. The van der Waals surface area contributed by atoms with Gasteiger partial charge in [0, 0.05) is 11.4 Å². The Labute approximate surface area is 113 Å². The van der Waals surface area contributed by atoms with Gasteiger partial charge < -0.3 is 5.11 Å². The Kier molecular flexibility index (Phi) is 4.63. The average Bonchev–Trinajstić information content (AvgIpc) is 2.32. The summed E-state index contributed by atoms with van der Waals surface area (Å²) in [6, 6.07) is 4.39. The smallest absolute Gasteiger partial charge is 0.124 e. The molecule has 0 radical (unpaired) electrons. The third-order valence-corrected chi connectivity index (χ3v) is 4.32. The van der Waals surface area contributed by atoms with E-state index in [4.69, 9.17) is 11.6 Å². The second kappa shape index (κ2) is 6.03. The molecule has 1 saturated carbocycles. The maximum Gasteiger partial charge on any atom is 0.124 e. The lowest BCUT2D eigenvalue weighted by Gasteiger charge is -2.30. The van der Waals surface area contributed by atoms with Crippen LogP contribution in [0.5, 0.6) is 0 Å². The first-order valence-electron chi connectivity index (χ1n) is 6.68. The zero-order chi connectivity index (χ0) is 13.1. The number of aliphatic hydroxyl groups excluding tert-OH is 1. The van der Waals surface area contributed by atoms with E-state index in [1.807, 2.05) is 0 Å². The Bertz CT molecular complexity index is 407. The molecule has 0 bridgehead atoms. The van der Waals surface area contributed by atoms with Crippen molar-refractivity contribution in [1.82, 2.24) is 0 Å². The quantitative estimate of drug-likeness (QED) is 0.872. The van der Waals surface area contributed by atoms with E-state index in [-0.39, 0.29) is 11.9 Å². The van der Waals surface area contributed by atoms with Crippen LogP contribution in [0.3, 0.4) is 0 Å². The fourth-order valence-electron chi connectivity index (χ4n) is 2.91. The number of rotatable bonds is 3. The molecule has 3 unspecified atom stereocenters. The van der Waals surface area contributed by atoms with Crippen molar-refractivity contribution in [3.8, 4) is 0 Å². The predicted octanol–water partition coefficient (Wildman–Crippen LogP) is 4.21. The Morgan fingerprint density at radius 2 is 2.22 bits per heavy atom. The number of benzene rings is 1. The average molecular weight is 271 g/mol. The highest BCUT2D eigenvalue weighted by Gasteiger charge is 2.25. The molecule has 3 heteroatoms. The van der Waals surface area contributed by atoms with Crippen molar-refractivity contribution in [2.45, 2.75) is 45.1 Å². The standard InChI is InChI=1S/C15H20ClFO/c1-10-3-2-4-12(7-10)15(18)8-11-5-6-13(17)9-14(11)16/h5-6,9-10,12,15,18H,2-4,7-8H2,1H3. The van der Waals surface area contributed by atoms with Gasteiger partial charge in [-0.25, -0.2) is 4.39 Å². The fourth-order valence-corrected chi connectivity index (χ4v) is 3.15. The largest absolute Gasteiger partial charge is 0.392 e. The second-order valence-electron chi connectivity index (χ2n) is 5.54. The van der Waals surface area contributed by atoms with E-state index in [1.54, 1.807) is 6.07 Å². The van der Waals surface area contributed by atoms with Gasteiger partial charge in [0.05, 0.1) is 6.10 Å². The lowest BCUT2D eigenvalue weighted by molar-refractivity contribution is 0.0720. The summed E-state index contributed by atoms with van der Waals surface area (Å²) in [5.41, 5.74) is 0.837. The first kappa shape index (κ1) is 13.8. The summed E-state index contributed by atoms with van der Waals surface area (Å²) < 4.78 is 12.9. The van der Waals surface area contributed by atoms with Crippen molar-refractivity contribution in [2.24, 2.45) is 11.8 Å². The second-order valence-corrected chi connectivity index (χ2v) is 5.95. The van der Waals surface area contributed by atoms with Gasteiger partial charge in [0.25, 0.3) is 0 Å². The van der Waals surface area contributed by atoms with Crippen molar-refractivity contribution in [3.63, 3.8) is 0 Å². The van der Waals surface area contributed by atoms with E-state index in [1.165, 1.54) is 25.0 Å². The minimum Gasteiger partial charge on any atom is -0.392 e. The maximum absolute atomic E-state index is 12.9. The zero-order valence-corrected chi connectivity index (χ0v) is 11.5. The molecular formula is C15H20ClFO. The van der Waals surface area contributed by atoms with Crippen molar-refractivity contribution in [1.29, 1.82) is 0 Å². The van der Waals surface area contributed by atoms with E-state index in [0.717, 1.165) is 18.4 Å². The summed E-state index contributed by atoms with van der Waals surface area (Å²) >= 11 is 5.99. The fraction of sp³-hybridized carbons (Fsp3) is 0.600. The van der Waals surface area contributed by atoms with E-state index < -0.39 is 0 Å². The van der Waals surface area contributed by atoms with Crippen LogP contribution in [0.25, 0.3) is 0 Å². The van der Waals surface area contributed by atoms with Crippen LogP contribution >= 0.6 is 11.6 Å². The SMILES string of the molecule is CC1CCCC(C(O)Cc2ccc(F)cc2Cl)C1. The van der Waals surface area contributed by atoms with Crippen molar-refractivity contribution in [2.75, 3.05) is 0 Å². The number of hydrogen-bond donors (Lipinski definition) is 1. The molecule has 0 aromatic heterocycles. The first-order chi connectivity index (χ1) is 8.56. The molecule has 0 amide bonds. The Morgan fingerprint density at radius 1 is 1.44 bits per heavy atom. The van der Waals surface area contributed by atoms with Crippen LogP contribution in [0.2, 0.25) is 5.02 Å². The van der Waals surface area contributed by atoms with Gasteiger partial charge in [-0.15, -0.1) is 0 Å². The number of hydrogen-bond acceptors (Lipinski definition) is 1. The first-order valence-corrected chi connectivity index (χ1v) is 7.06. The Balaban J connectivity index is 1.99. The molecule has 1 fully saturated rings. The minimum absolute atomic E-state index is 0.329. The molecule has 0 saturated heterocycles. The summed E-state index contributed by atoms with van der Waals surface area (Å²) in [7, 11) is 0. The molecular weight excluding hydrogens is 251 g/mol. The summed E-state index contributed by atoms with van der Waals surface area (Å²) in [6.45, 7) is 2.24. The Hall–Kier alpha value is -0.600. The van der Waals surface area contributed by atoms with Gasteiger partial charge in [-0.05, 0) is 42.4 Å². The van der Waals surface area contributed by atoms with E-state index in [2.05, 4.69) is 6.92 Å². The van der Waals surface area contributed by atoms with Gasteiger partial charge in [0.1, 0.15) is 5.82 Å². The lowest BCUT2D eigenvalue weighted by Crippen LogP contribution is -2.27. The van der Waals surface area contributed by atoms with Gasteiger partial charge in [-0.2, -0.15) is 0 Å². The number of halogens is 2. The third-order valence-electron chi connectivity index (χ3n) is 3.97. The van der Waals surface area contributed by atoms with Gasteiger partial charge in [0.15, 0.2) is 0 Å². The molecule has 1 aromatic rings. The molecule has 100 valence electrons. The molecule has 1 aliphatic carbocycles. The third kappa shape index (κ3) is 3.46. The monoisotopic (exact) mass is 270 g/mol. The lowest BCUT2D eigenvalue weighted by atomic mass is 9.78. The van der Waals surface area contributed by atoms with Crippen LogP contribution in [0.1, 0.15) is 38.2 Å². The topological polar surface area (TPSA) is 20.2 Å². The maximum atomic E-state index is 12.9. The van der Waals surface area contributed by atoms with Gasteiger partial charge in [-0.1, -0.05) is 37.4 Å². The molecule has 1 nitrogen and oxygen atoms in total. The normalized spacial score (nSPS) is 26.0. The van der Waals surface area contributed by atoms with Crippen molar-refractivity contribution >= 4 is 11.6 Å². The summed E-state index contributed by atoms with van der Waals surface area (Å²) in [4.78, 5) is 0. The predicted molar refractivity (Wildman–Crippen MR) is 72.2 cm³/mol. The minimum atomic E-state index is -0.365. The molecule has 0 aliphatic heterocycles. The van der Waals surface area contributed by atoms with Crippen LogP contribution in [-0.2, 0) is 6.42 Å². The van der Waals surface area contributed by atoms with Crippen molar-refractivity contribution in [3.05, 3.63) is 34.6 Å². The van der Waals surface area contributed by atoms with E-state index in [0.29, 0.717) is 23.3 Å². The van der Waals surface area contributed by atoms with Gasteiger partial charge in [0.2, 0.25) is 0 Å². The summed E-state index contributed by atoms with van der Waals surface area (Å²) in [5.74, 6) is 0.724. The molecule has 1 aliphatic rings. The highest BCUT2D eigenvalue weighted by Crippen LogP contribution is 2.32. The molecule has 2 rings (SSSR count). The van der Waals surface area contributed by atoms with Crippen molar-refractivity contribution < 1.29 is 9.50 Å². The van der Waals surface area contributed by atoms with E-state index >= 15 is 0 Å². The zero-order valence-electron chi connectivity index (χ0n) is 10.7. The van der Waals surface area contributed by atoms with E-state index in [9.17, 15) is 9.50 Å². The molecule has 3 atom stereocenters.